The fraction of sp³-hybridized carbons (Fsp3) is 1.00. The molecule has 0 amide bonds. The molecule has 1 rings (SSSR count). The minimum atomic E-state index is -0.335. The van der Waals surface area contributed by atoms with Gasteiger partial charge in [0.1, 0.15) is 0 Å². The second-order valence-electron chi connectivity index (χ2n) is 3.87. The number of β-amino-alcohol motifs (C(OH)–C–C–N with tert-alkyl or cyclic N) is 1. The third kappa shape index (κ3) is 3.09. The second kappa shape index (κ2) is 4.80. The molecule has 3 N–H and O–H groups in total. The Hall–Kier alpha value is -0.120. The van der Waals surface area contributed by atoms with Crippen LogP contribution in [0.4, 0.5) is 0 Å². The first kappa shape index (κ1) is 9.96. The van der Waals surface area contributed by atoms with Crippen LogP contribution >= 0.6 is 0 Å². The molecule has 12 heavy (non-hydrogen) atoms. The van der Waals surface area contributed by atoms with Crippen LogP contribution in [0.2, 0.25) is 0 Å². The van der Waals surface area contributed by atoms with Gasteiger partial charge in [-0.25, -0.2) is 0 Å². The van der Waals surface area contributed by atoms with Crippen LogP contribution < -0.4 is 5.73 Å². The minimum Gasteiger partial charge on any atom is -0.390 e. The van der Waals surface area contributed by atoms with E-state index >= 15 is 0 Å². The van der Waals surface area contributed by atoms with Crippen LogP contribution in [0.1, 0.15) is 19.8 Å². The molecule has 72 valence electrons. The summed E-state index contributed by atoms with van der Waals surface area (Å²) < 4.78 is 0. The largest absolute Gasteiger partial charge is 0.390 e. The number of rotatable bonds is 3. The monoisotopic (exact) mass is 172 g/mol. The fourth-order valence-electron chi connectivity index (χ4n) is 1.62. The van der Waals surface area contributed by atoms with Crippen molar-refractivity contribution >= 4 is 0 Å². The summed E-state index contributed by atoms with van der Waals surface area (Å²) in [5.41, 5.74) is 5.34. The van der Waals surface area contributed by atoms with Gasteiger partial charge in [-0.3, -0.25) is 0 Å². The van der Waals surface area contributed by atoms with Crippen LogP contribution in [-0.2, 0) is 0 Å². The average Bonchev–Trinajstić information content (AvgIpc) is 2.09. The van der Waals surface area contributed by atoms with E-state index in [1.165, 1.54) is 12.8 Å². The van der Waals surface area contributed by atoms with Crippen LogP contribution in [0.3, 0.4) is 0 Å². The van der Waals surface area contributed by atoms with Crippen molar-refractivity contribution in [2.45, 2.75) is 25.9 Å². The summed E-state index contributed by atoms with van der Waals surface area (Å²) in [6.07, 6.45) is 2.19. The lowest BCUT2D eigenvalue weighted by Crippen LogP contribution is -2.40. The Kier molecular flexibility index (Phi) is 3.98. The molecule has 1 saturated heterocycles. The Bertz CT molecular complexity index is 122. The van der Waals surface area contributed by atoms with Gasteiger partial charge in [-0.15, -0.1) is 0 Å². The van der Waals surface area contributed by atoms with E-state index in [1.807, 2.05) is 0 Å². The molecule has 1 aliphatic heterocycles. The molecule has 0 aromatic heterocycles. The Labute approximate surface area is 74.5 Å². The zero-order valence-corrected chi connectivity index (χ0v) is 7.87. The summed E-state index contributed by atoms with van der Waals surface area (Å²) in [6.45, 7) is 5.67. The quantitative estimate of drug-likeness (QED) is 0.632. The molecular formula is C9H20N2O. The highest BCUT2D eigenvalue weighted by Crippen LogP contribution is 2.15. The van der Waals surface area contributed by atoms with Gasteiger partial charge in [0.15, 0.2) is 0 Å². The number of nitrogens with zero attached hydrogens (tertiary/aromatic N) is 1. The SMILES string of the molecule is CC1CCN(C[C@H](O)CN)CC1. The van der Waals surface area contributed by atoms with Crippen molar-refractivity contribution < 1.29 is 5.11 Å². The van der Waals surface area contributed by atoms with Gasteiger partial charge < -0.3 is 15.7 Å². The zero-order chi connectivity index (χ0) is 8.97. The molecule has 0 aromatic rings. The molecule has 0 unspecified atom stereocenters. The van der Waals surface area contributed by atoms with Gasteiger partial charge >= 0.3 is 0 Å². The Morgan fingerprint density at radius 2 is 2.08 bits per heavy atom. The molecule has 1 atom stereocenters. The van der Waals surface area contributed by atoms with Gasteiger partial charge in [-0.2, -0.15) is 0 Å². The summed E-state index contributed by atoms with van der Waals surface area (Å²) in [6, 6.07) is 0. The second-order valence-corrected chi connectivity index (χ2v) is 3.87. The van der Waals surface area contributed by atoms with E-state index in [0.29, 0.717) is 6.54 Å². The predicted molar refractivity (Wildman–Crippen MR) is 49.9 cm³/mol. The summed E-state index contributed by atoms with van der Waals surface area (Å²) in [7, 11) is 0. The molecule has 0 radical (unpaired) electrons. The number of aliphatic hydroxyl groups excluding tert-OH is 1. The van der Waals surface area contributed by atoms with Crippen LogP contribution in [0.5, 0.6) is 0 Å². The first-order valence-electron chi connectivity index (χ1n) is 4.83. The third-order valence-electron chi connectivity index (χ3n) is 2.62. The van der Waals surface area contributed by atoms with Crippen LogP contribution in [0.15, 0.2) is 0 Å². The van der Waals surface area contributed by atoms with Crippen LogP contribution in [-0.4, -0.2) is 42.3 Å². The summed E-state index contributed by atoms with van der Waals surface area (Å²) in [5, 5.41) is 9.31. The molecular weight excluding hydrogens is 152 g/mol. The predicted octanol–water partition coefficient (Wildman–Crippen LogP) is 0.0379. The topological polar surface area (TPSA) is 49.5 Å². The molecule has 0 aromatic carbocycles. The fourth-order valence-corrected chi connectivity index (χ4v) is 1.62. The van der Waals surface area contributed by atoms with Crippen molar-refractivity contribution in [1.29, 1.82) is 0 Å². The third-order valence-corrected chi connectivity index (χ3v) is 2.62. The molecule has 1 fully saturated rings. The van der Waals surface area contributed by atoms with Crippen molar-refractivity contribution in [2.24, 2.45) is 11.7 Å². The lowest BCUT2D eigenvalue weighted by atomic mass is 9.99. The number of hydrogen-bond donors (Lipinski definition) is 2. The zero-order valence-electron chi connectivity index (χ0n) is 7.87. The van der Waals surface area contributed by atoms with Gasteiger partial charge in [0.25, 0.3) is 0 Å². The normalized spacial score (nSPS) is 24.2. The number of piperidine rings is 1. The maximum Gasteiger partial charge on any atom is 0.0789 e. The maximum absolute atomic E-state index is 9.31. The molecule has 0 bridgehead atoms. The molecule has 0 aliphatic carbocycles. The van der Waals surface area contributed by atoms with Crippen molar-refractivity contribution in [3.8, 4) is 0 Å². The van der Waals surface area contributed by atoms with E-state index in [-0.39, 0.29) is 6.10 Å². The van der Waals surface area contributed by atoms with Crippen LogP contribution in [0, 0.1) is 5.92 Å². The first-order chi connectivity index (χ1) is 5.72. The number of aliphatic hydroxyl groups is 1. The summed E-state index contributed by atoms with van der Waals surface area (Å²) in [4.78, 5) is 2.30. The summed E-state index contributed by atoms with van der Waals surface area (Å²) in [5.74, 6) is 0.858. The first-order valence-corrected chi connectivity index (χ1v) is 4.83. The van der Waals surface area contributed by atoms with E-state index in [0.717, 1.165) is 25.6 Å². The van der Waals surface area contributed by atoms with Crippen molar-refractivity contribution in [1.82, 2.24) is 4.90 Å². The van der Waals surface area contributed by atoms with Gasteiger partial charge in [0, 0.05) is 13.1 Å². The number of nitrogens with two attached hydrogens (primary N) is 1. The number of likely N-dealkylation sites (tertiary alicyclic amines) is 1. The Balaban J connectivity index is 2.17. The van der Waals surface area contributed by atoms with Gasteiger partial charge in [-0.1, -0.05) is 6.92 Å². The van der Waals surface area contributed by atoms with E-state index in [1.54, 1.807) is 0 Å². The smallest absolute Gasteiger partial charge is 0.0789 e. The average molecular weight is 172 g/mol. The molecule has 1 heterocycles. The van der Waals surface area contributed by atoms with Gasteiger partial charge in [0.05, 0.1) is 6.10 Å². The maximum atomic E-state index is 9.31. The molecule has 0 saturated carbocycles. The molecule has 3 nitrogen and oxygen atoms in total. The highest BCUT2D eigenvalue weighted by atomic mass is 16.3. The summed E-state index contributed by atoms with van der Waals surface area (Å²) >= 11 is 0. The Morgan fingerprint density at radius 3 is 2.58 bits per heavy atom. The van der Waals surface area contributed by atoms with Crippen molar-refractivity contribution in [3.63, 3.8) is 0 Å². The minimum absolute atomic E-state index is 0.335. The molecule has 0 spiro atoms. The standard InChI is InChI=1S/C9H20N2O/c1-8-2-4-11(5-3-8)7-9(12)6-10/h8-9,12H,2-7,10H2,1H3/t9-/m1/s1. The van der Waals surface area contributed by atoms with E-state index < -0.39 is 0 Å². The lowest BCUT2D eigenvalue weighted by molar-refractivity contribution is 0.0965. The van der Waals surface area contributed by atoms with Gasteiger partial charge in [-0.05, 0) is 31.8 Å². The molecule has 3 heteroatoms. The Morgan fingerprint density at radius 1 is 1.50 bits per heavy atom. The van der Waals surface area contributed by atoms with E-state index in [4.69, 9.17) is 5.73 Å². The highest BCUT2D eigenvalue weighted by molar-refractivity contribution is 4.72. The van der Waals surface area contributed by atoms with E-state index in [9.17, 15) is 5.11 Å². The van der Waals surface area contributed by atoms with Crippen molar-refractivity contribution in [2.75, 3.05) is 26.2 Å². The lowest BCUT2D eigenvalue weighted by Gasteiger charge is -2.31. The molecule has 1 aliphatic rings. The van der Waals surface area contributed by atoms with Crippen molar-refractivity contribution in [3.05, 3.63) is 0 Å². The van der Waals surface area contributed by atoms with Gasteiger partial charge in [0.2, 0.25) is 0 Å². The number of hydrogen-bond acceptors (Lipinski definition) is 3. The van der Waals surface area contributed by atoms with E-state index in [2.05, 4.69) is 11.8 Å². The van der Waals surface area contributed by atoms with Crippen LogP contribution in [0.25, 0.3) is 0 Å². The highest BCUT2D eigenvalue weighted by Gasteiger charge is 2.17.